The number of hydrogen-bond donors (Lipinski definition) is 1. The average molecular weight is 433 g/mol. The van der Waals surface area contributed by atoms with E-state index in [9.17, 15) is 13.2 Å². The van der Waals surface area contributed by atoms with Gasteiger partial charge in [-0.05, 0) is 66.2 Å². The summed E-state index contributed by atoms with van der Waals surface area (Å²) >= 11 is 11.8. The van der Waals surface area contributed by atoms with Crippen molar-refractivity contribution in [1.29, 1.82) is 0 Å². The standard InChI is InChI=1S/C20H14Cl2N2O3S/c21-16-6-9-18(22)20(12-16)28(26,27)24-17-7-4-15(5-8-17)19(25)10-3-14-2-1-11-23-13-14/h1-13,24H/b10-3+. The quantitative estimate of drug-likeness (QED) is 0.434. The SMILES string of the molecule is O=C(/C=C/c1cccnc1)c1ccc(NS(=O)(=O)c2cc(Cl)ccc2Cl)cc1. The molecule has 0 aliphatic rings. The van der Waals surface area contributed by atoms with Crippen LogP contribution in [0.3, 0.4) is 0 Å². The number of sulfonamides is 1. The number of allylic oxidation sites excluding steroid dienone is 1. The number of pyridine rings is 1. The van der Waals surface area contributed by atoms with E-state index in [0.29, 0.717) is 11.3 Å². The van der Waals surface area contributed by atoms with Crippen molar-refractivity contribution in [2.45, 2.75) is 4.90 Å². The molecule has 0 aliphatic carbocycles. The summed E-state index contributed by atoms with van der Waals surface area (Å²) in [6, 6.07) is 13.9. The average Bonchev–Trinajstić information content (AvgIpc) is 2.69. The normalized spacial score (nSPS) is 11.5. The highest BCUT2D eigenvalue weighted by Gasteiger charge is 2.18. The summed E-state index contributed by atoms with van der Waals surface area (Å²) in [7, 11) is -3.92. The van der Waals surface area contributed by atoms with Crippen LogP contribution in [0.2, 0.25) is 10.0 Å². The Balaban J connectivity index is 1.74. The van der Waals surface area contributed by atoms with Crippen molar-refractivity contribution in [2.75, 3.05) is 4.72 Å². The zero-order chi connectivity index (χ0) is 20.1. The molecule has 5 nitrogen and oxygen atoms in total. The van der Waals surface area contributed by atoms with Crippen LogP contribution in [0.5, 0.6) is 0 Å². The number of hydrogen-bond acceptors (Lipinski definition) is 4. The number of anilines is 1. The van der Waals surface area contributed by atoms with Gasteiger partial charge in [0, 0.05) is 28.7 Å². The Bertz CT molecular complexity index is 1130. The molecule has 3 rings (SSSR count). The van der Waals surface area contributed by atoms with E-state index in [-0.39, 0.29) is 20.7 Å². The first-order valence-electron chi connectivity index (χ1n) is 8.05. The van der Waals surface area contributed by atoms with Crippen LogP contribution >= 0.6 is 23.2 Å². The van der Waals surface area contributed by atoms with Gasteiger partial charge in [-0.25, -0.2) is 8.42 Å². The fraction of sp³-hybridized carbons (Fsp3) is 0. The Morgan fingerprint density at radius 3 is 2.46 bits per heavy atom. The van der Waals surface area contributed by atoms with Gasteiger partial charge in [0.05, 0.1) is 5.02 Å². The van der Waals surface area contributed by atoms with Crippen LogP contribution < -0.4 is 4.72 Å². The van der Waals surface area contributed by atoms with E-state index in [4.69, 9.17) is 23.2 Å². The van der Waals surface area contributed by atoms with Crippen molar-refractivity contribution in [3.8, 4) is 0 Å². The number of nitrogens with zero attached hydrogens (tertiary/aromatic N) is 1. The number of carbonyl (C=O) groups is 1. The second kappa shape index (κ2) is 8.56. The molecule has 0 spiro atoms. The van der Waals surface area contributed by atoms with Gasteiger partial charge in [0.25, 0.3) is 10.0 Å². The van der Waals surface area contributed by atoms with Gasteiger partial charge in [-0.15, -0.1) is 0 Å². The highest BCUT2D eigenvalue weighted by molar-refractivity contribution is 7.92. The third kappa shape index (κ3) is 4.98. The zero-order valence-corrected chi connectivity index (χ0v) is 16.7. The largest absolute Gasteiger partial charge is 0.289 e. The Hall–Kier alpha value is -2.67. The first-order chi connectivity index (χ1) is 13.3. The maximum atomic E-state index is 12.5. The summed E-state index contributed by atoms with van der Waals surface area (Å²) < 4.78 is 27.4. The summed E-state index contributed by atoms with van der Waals surface area (Å²) in [5.41, 5.74) is 1.52. The number of ketones is 1. The predicted octanol–water partition coefficient (Wildman–Crippen LogP) is 5.09. The van der Waals surface area contributed by atoms with Crippen LogP contribution in [0.25, 0.3) is 6.08 Å². The molecule has 142 valence electrons. The highest BCUT2D eigenvalue weighted by atomic mass is 35.5. The molecule has 0 amide bonds. The van der Waals surface area contributed by atoms with E-state index >= 15 is 0 Å². The molecule has 0 saturated heterocycles. The molecule has 0 radical (unpaired) electrons. The van der Waals surface area contributed by atoms with Crippen LogP contribution in [-0.4, -0.2) is 19.2 Å². The summed E-state index contributed by atoms with van der Waals surface area (Å²) in [4.78, 5) is 16.1. The smallest absolute Gasteiger partial charge is 0.263 e. The van der Waals surface area contributed by atoms with Crippen LogP contribution in [0.15, 0.2) is 78.0 Å². The van der Waals surface area contributed by atoms with Gasteiger partial charge in [-0.2, -0.15) is 0 Å². The molecule has 0 unspecified atom stereocenters. The number of benzene rings is 2. The molecular weight excluding hydrogens is 419 g/mol. The third-order valence-corrected chi connectivity index (χ3v) is 5.81. The third-order valence-electron chi connectivity index (χ3n) is 3.72. The second-order valence-electron chi connectivity index (χ2n) is 5.74. The highest BCUT2D eigenvalue weighted by Crippen LogP contribution is 2.27. The second-order valence-corrected chi connectivity index (χ2v) is 8.24. The number of halogens is 2. The lowest BCUT2D eigenvalue weighted by Gasteiger charge is -2.10. The molecule has 1 heterocycles. The number of rotatable bonds is 6. The molecule has 0 aliphatic heterocycles. The lowest BCUT2D eigenvalue weighted by Crippen LogP contribution is -2.13. The van der Waals surface area contributed by atoms with Gasteiger partial charge in [0.2, 0.25) is 0 Å². The van der Waals surface area contributed by atoms with Crippen molar-refractivity contribution in [2.24, 2.45) is 0 Å². The predicted molar refractivity (Wildman–Crippen MR) is 111 cm³/mol. The summed E-state index contributed by atoms with van der Waals surface area (Å²) in [5.74, 6) is -0.212. The van der Waals surface area contributed by atoms with Crippen LogP contribution in [0.4, 0.5) is 5.69 Å². The van der Waals surface area contributed by atoms with Gasteiger partial charge >= 0.3 is 0 Å². The van der Waals surface area contributed by atoms with Gasteiger partial charge in [0.15, 0.2) is 5.78 Å². The Labute approximate surface area is 172 Å². The zero-order valence-electron chi connectivity index (χ0n) is 14.3. The molecule has 3 aromatic rings. The number of carbonyl (C=O) groups excluding carboxylic acids is 1. The minimum absolute atomic E-state index is 0.0595. The van der Waals surface area contributed by atoms with Gasteiger partial charge in [0.1, 0.15) is 4.90 Å². The van der Waals surface area contributed by atoms with E-state index in [1.165, 1.54) is 48.5 Å². The number of nitrogens with one attached hydrogen (secondary N) is 1. The van der Waals surface area contributed by atoms with E-state index in [1.54, 1.807) is 24.5 Å². The summed E-state index contributed by atoms with van der Waals surface area (Å²) in [6.07, 6.45) is 6.38. The van der Waals surface area contributed by atoms with E-state index in [0.717, 1.165) is 5.56 Å². The first-order valence-corrected chi connectivity index (χ1v) is 10.3. The molecule has 0 fully saturated rings. The molecule has 1 N–H and O–H groups in total. The Morgan fingerprint density at radius 2 is 1.79 bits per heavy atom. The lowest BCUT2D eigenvalue weighted by molar-refractivity contribution is 0.104. The van der Waals surface area contributed by atoms with Crippen LogP contribution in [0.1, 0.15) is 15.9 Å². The fourth-order valence-electron chi connectivity index (χ4n) is 2.34. The van der Waals surface area contributed by atoms with Crippen LogP contribution in [0, 0.1) is 0 Å². The van der Waals surface area contributed by atoms with Gasteiger partial charge < -0.3 is 0 Å². The fourth-order valence-corrected chi connectivity index (χ4v) is 4.16. The molecular formula is C20H14Cl2N2O3S. The molecule has 28 heavy (non-hydrogen) atoms. The molecule has 0 bridgehead atoms. The molecule has 1 aromatic heterocycles. The van der Waals surface area contributed by atoms with Crippen molar-refractivity contribution in [3.05, 3.63) is 94.2 Å². The monoisotopic (exact) mass is 432 g/mol. The maximum absolute atomic E-state index is 12.5. The van der Waals surface area contributed by atoms with Crippen molar-refractivity contribution in [3.63, 3.8) is 0 Å². The lowest BCUT2D eigenvalue weighted by atomic mass is 10.1. The van der Waals surface area contributed by atoms with E-state index in [2.05, 4.69) is 9.71 Å². The minimum atomic E-state index is -3.92. The Kier molecular flexibility index (Phi) is 6.14. The molecule has 2 aromatic carbocycles. The number of aromatic nitrogens is 1. The topological polar surface area (TPSA) is 76.1 Å². The molecule has 8 heteroatoms. The van der Waals surface area contributed by atoms with Crippen LogP contribution in [-0.2, 0) is 10.0 Å². The Morgan fingerprint density at radius 1 is 1.04 bits per heavy atom. The van der Waals surface area contributed by atoms with E-state index < -0.39 is 10.0 Å². The van der Waals surface area contributed by atoms with Gasteiger partial charge in [-0.3, -0.25) is 14.5 Å². The van der Waals surface area contributed by atoms with E-state index in [1.807, 2.05) is 6.07 Å². The minimum Gasteiger partial charge on any atom is -0.289 e. The molecule has 0 atom stereocenters. The summed E-state index contributed by atoms with van der Waals surface area (Å²) in [5, 5.41) is 0.315. The van der Waals surface area contributed by atoms with Crippen molar-refractivity contribution in [1.82, 2.24) is 4.98 Å². The summed E-state index contributed by atoms with van der Waals surface area (Å²) in [6.45, 7) is 0. The molecule has 0 saturated carbocycles. The maximum Gasteiger partial charge on any atom is 0.263 e. The van der Waals surface area contributed by atoms with Crippen molar-refractivity contribution >= 4 is 50.8 Å². The van der Waals surface area contributed by atoms with Crippen molar-refractivity contribution < 1.29 is 13.2 Å². The van der Waals surface area contributed by atoms with Gasteiger partial charge in [-0.1, -0.05) is 29.3 Å². The first kappa shape index (κ1) is 20.1.